The summed E-state index contributed by atoms with van der Waals surface area (Å²) < 4.78 is 5.87. The normalized spacial score (nSPS) is 23.2. The molecule has 1 aromatic rings. The van der Waals surface area contributed by atoms with E-state index in [2.05, 4.69) is 5.32 Å². The molecule has 1 saturated carbocycles. The van der Waals surface area contributed by atoms with Crippen LogP contribution in [0.3, 0.4) is 0 Å². The lowest BCUT2D eigenvalue weighted by Crippen LogP contribution is -2.34. The number of amides is 1. The van der Waals surface area contributed by atoms with E-state index in [9.17, 15) is 4.79 Å². The molecule has 1 aromatic carbocycles. The molecular weight excluding hydrogens is 288 g/mol. The van der Waals surface area contributed by atoms with Gasteiger partial charge in [0.2, 0.25) is 5.91 Å². The Morgan fingerprint density at radius 3 is 2.90 bits per heavy atom. The second kappa shape index (κ2) is 6.77. The van der Waals surface area contributed by atoms with Gasteiger partial charge in [-0.15, -0.1) is 0 Å². The zero-order valence-electron chi connectivity index (χ0n) is 12.1. The van der Waals surface area contributed by atoms with Crippen molar-refractivity contribution < 1.29 is 9.53 Å². The molecular formula is C16H21ClN2O2. The van der Waals surface area contributed by atoms with E-state index in [1.165, 1.54) is 12.8 Å². The molecule has 2 aliphatic rings. The maximum absolute atomic E-state index is 12.0. The first-order valence-electron chi connectivity index (χ1n) is 7.64. The molecule has 5 heteroatoms. The van der Waals surface area contributed by atoms with Crippen molar-refractivity contribution in [3.8, 4) is 0 Å². The lowest BCUT2D eigenvalue weighted by molar-refractivity contribution is -0.129. The third-order valence-corrected chi connectivity index (χ3v) is 4.47. The maximum atomic E-state index is 12.0. The van der Waals surface area contributed by atoms with Crippen LogP contribution in [0.15, 0.2) is 24.3 Å². The van der Waals surface area contributed by atoms with Crippen molar-refractivity contribution in [2.75, 3.05) is 19.7 Å². The van der Waals surface area contributed by atoms with Gasteiger partial charge < -0.3 is 9.64 Å². The fraction of sp³-hybridized carbons (Fsp3) is 0.562. The zero-order chi connectivity index (χ0) is 14.7. The summed E-state index contributed by atoms with van der Waals surface area (Å²) in [7, 11) is 0. The van der Waals surface area contributed by atoms with Crippen LogP contribution in [0.25, 0.3) is 0 Å². The van der Waals surface area contributed by atoms with Gasteiger partial charge in [0.1, 0.15) is 6.17 Å². The molecule has 1 heterocycles. The highest BCUT2D eigenvalue weighted by Crippen LogP contribution is 2.25. The van der Waals surface area contributed by atoms with Gasteiger partial charge in [-0.2, -0.15) is 0 Å². The van der Waals surface area contributed by atoms with Crippen LogP contribution in [-0.2, 0) is 9.53 Å². The number of carbonyl (C=O) groups is 1. The van der Waals surface area contributed by atoms with Gasteiger partial charge in [-0.25, -0.2) is 0 Å². The molecule has 1 N–H and O–H groups in total. The molecule has 4 nitrogen and oxygen atoms in total. The minimum Gasteiger partial charge on any atom is -0.376 e. The predicted octanol–water partition coefficient (Wildman–Crippen LogP) is 2.73. The number of halogens is 1. The Bertz CT molecular complexity index is 503. The van der Waals surface area contributed by atoms with Gasteiger partial charge in [-0.1, -0.05) is 36.6 Å². The van der Waals surface area contributed by atoms with Crippen LogP contribution in [0.4, 0.5) is 0 Å². The van der Waals surface area contributed by atoms with Gasteiger partial charge in [0.05, 0.1) is 19.3 Å². The van der Waals surface area contributed by atoms with Crippen LogP contribution in [-0.4, -0.2) is 36.6 Å². The van der Waals surface area contributed by atoms with Crippen molar-refractivity contribution in [3.63, 3.8) is 0 Å². The quantitative estimate of drug-likeness (QED) is 0.909. The minimum atomic E-state index is -0.0941. The van der Waals surface area contributed by atoms with E-state index < -0.39 is 0 Å². The average Bonchev–Trinajstić information content (AvgIpc) is 3.10. The maximum Gasteiger partial charge on any atom is 0.238 e. The van der Waals surface area contributed by atoms with E-state index >= 15 is 0 Å². The van der Waals surface area contributed by atoms with Crippen LogP contribution in [0.2, 0.25) is 5.02 Å². The summed E-state index contributed by atoms with van der Waals surface area (Å²) >= 11 is 6.04. The third-order valence-electron chi connectivity index (χ3n) is 4.23. The summed E-state index contributed by atoms with van der Waals surface area (Å²) in [6.07, 6.45) is 5.14. The van der Waals surface area contributed by atoms with Gasteiger partial charge >= 0.3 is 0 Å². The van der Waals surface area contributed by atoms with Gasteiger partial charge in [0.15, 0.2) is 0 Å². The summed E-state index contributed by atoms with van der Waals surface area (Å²) in [4.78, 5) is 13.9. The predicted molar refractivity (Wildman–Crippen MR) is 82.1 cm³/mol. The van der Waals surface area contributed by atoms with Crippen molar-refractivity contribution in [2.24, 2.45) is 0 Å². The fourth-order valence-corrected chi connectivity index (χ4v) is 3.34. The first kappa shape index (κ1) is 14.8. The van der Waals surface area contributed by atoms with Crippen LogP contribution < -0.4 is 5.32 Å². The second-order valence-corrected chi connectivity index (χ2v) is 6.14. The number of hydrogen-bond donors (Lipinski definition) is 1. The number of hydrogen-bond acceptors (Lipinski definition) is 3. The van der Waals surface area contributed by atoms with E-state index in [-0.39, 0.29) is 12.1 Å². The largest absolute Gasteiger partial charge is 0.376 e. The van der Waals surface area contributed by atoms with Gasteiger partial charge in [0.25, 0.3) is 0 Å². The second-order valence-electron chi connectivity index (χ2n) is 5.70. The molecule has 1 saturated heterocycles. The molecule has 0 bridgehead atoms. The average molecular weight is 309 g/mol. The van der Waals surface area contributed by atoms with E-state index in [0.29, 0.717) is 30.8 Å². The SMILES string of the molecule is O=C1CNC(c2cccc(Cl)c2)N1CCOC1CCCC1. The molecule has 0 aromatic heterocycles. The summed E-state index contributed by atoms with van der Waals surface area (Å²) in [6, 6.07) is 7.65. The number of carbonyl (C=O) groups excluding carboxylic acids is 1. The topological polar surface area (TPSA) is 41.6 Å². The summed E-state index contributed by atoms with van der Waals surface area (Å²) in [6.45, 7) is 1.61. The molecule has 1 aliphatic heterocycles. The van der Waals surface area contributed by atoms with Gasteiger partial charge in [-0.05, 0) is 30.5 Å². The molecule has 2 fully saturated rings. The molecule has 21 heavy (non-hydrogen) atoms. The molecule has 0 radical (unpaired) electrons. The fourth-order valence-electron chi connectivity index (χ4n) is 3.14. The molecule has 1 atom stereocenters. The lowest BCUT2D eigenvalue weighted by atomic mass is 10.1. The summed E-state index contributed by atoms with van der Waals surface area (Å²) in [5.74, 6) is 0.120. The Morgan fingerprint density at radius 2 is 2.14 bits per heavy atom. The number of rotatable bonds is 5. The Balaban J connectivity index is 1.59. The van der Waals surface area contributed by atoms with E-state index in [1.54, 1.807) is 0 Å². The van der Waals surface area contributed by atoms with Crippen molar-refractivity contribution in [3.05, 3.63) is 34.9 Å². The van der Waals surface area contributed by atoms with Gasteiger partial charge in [0, 0.05) is 11.6 Å². The van der Waals surface area contributed by atoms with Crippen LogP contribution in [0, 0.1) is 0 Å². The Morgan fingerprint density at radius 1 is 1.33 bits per heavy atom. The summed E-state index contributed by atoms with van der Waals surface area (Å²) in [5, 5.41) is 3.93. The van der Waals surface area contributed by atoms with Crippen molar-refractivity contribution >= 4 is 17.5 Å². The van der Waals surface area contributed by atoms with Crippen molar-refractivity contribution in [1.29, 1.82) is 0 Å². The van der Waals surface area contributed by atoms with E-state index in [0.717, 1.165) is 18.4 Å². The smallest absolute Gasteiger partial charge is 0.238 e. The highest BCUT2D eigenvalue weighted by Gasteiger charge is 2.31. The van der Waals surface area contributed by atoms with Crippen LogP contribution in [0.1, 0.15) is 37.4 Å². The number of ether oxygens (including phenoxy) is 1. The van der Waals surface area contributed by atoms with Crippen molar-refractivity contribution in [1.82, 2.24) is 10.2 Å². The van der Waals surface area contributed by atoms with Crippen LogP contribution in [0.5, 0.6) is 0 Å². The number of nitrogens with zero attached hydrogens (tertiary/aromatic N) is 1. The Kier molecular flexibility index (Phi) is 4.78. The molecule has 3 rings (SSSR count). The molecule has 1 amide bonds. The number of benzene rings is 1. The highest BCUT2D eigenvalue weighted by atomic mass is 35.5. The van der Waals surface area contributed by atoms with Crippen LogP contribution >= 0.6 is 11.6 Å². The first-order chi connectivity index (χ1) is 10.2. The van der Waals surface area contributed by atoms with E-state index in [1.807, 2.05) is 29.2 Å². The Hall–Kier alpha value is -1.10. The standard InChI is InChI=1S/C16H21ClN2O2/c17-13-5-3-4-12(10-13)16-18-11-15(20)19(16)8-9-21-14-6-1-2-7-14/h3-5,10,14,16,18H,1-2,6-9,11H2. The Labute approximate surface area is 130 Å². The van der Waals surface area contributed by atoms with Crippen molar-refractivity contribution in [2.45, 2.75) is 38.0 Å². The first-order valence-corrected chi connectivity index (χ1v) is 8.02. The molecule has 0 spiro atoms. The van der Waals surface area contributed by atoms with Gasteiger partial charge in [-0.3, -0.25) is 10.1 Å². The molecule has 1 unspecified atom stereocenters. The number of nitrogens with one attached hydrogen (secondary N) is 1. The monoisotopic (exact) mass is 308 g/mol. The van der Waals surface area contributed by atoms with E-state index in [4.69, 9.17) is 16.3 Å². The lowest BCUT2D eigenvalue weighted by Gasteiger charge is -2.25. The highest BCUT2D eigenvalue weighted by molar-refractivity contribution is 6.30. The zero-order valence-corrected chi connectivity index (χ0v) is 12.8. The third kappa shape index (κ3) is 3.57. The summed E-state index contributed by atoms with van der Waals surface area (Å²) in [5.41, 5.74) is 1.02. The minimum absolute atomic E-state index is 0.0941. The molecule has 1 aliphatic carbocycles. The molecule has 114 valence electrons.